The molecule has 0 unspecified atom stereocenters. The number of fused-ring (bicyclic) bond motifs is 1. The highest BCUT2D eigenvalue weighted by molar-refractivity contribution is 6.01. The summed E-state index contributed by atoms with van der Waals surface area (Å²) in [5, 5.41) is 13.2. The summed E-state index contributed by atoms with van der Waals surface area (Å²) in [6, 6.07) is 19.6. The van der Waals surface area contributed by atoms with Crippen molar-refractivity contribution in [2.45, 2.75) is 0 Å². The average Bonchev–Trinajstić information content (AvgIpc) is 2.66. The second kappa shape index (κ2) is 7.28. The molecule has 0 saturated heterocycles. The van der Waals surface area contributed by atoms with Crippen LogP contribution in [0, 0.1) is 11.3 Å². The number of carbonyl (C=O) groups is 2. The molecule has 5 nitrogen and oxygen atoms in total. The first-order valence-electron chi connectivity index (χ1n) is 7.61. The van der Waals surface area contributed by atoms with Crippen molar-refractivity contribution in [1.29, 1.82) is 5.26 Å². The number of hydrogen-bond donors (Lipinski definition) is 1. The van der Waals surface area contributed by atoms with Gasteiger partial charge in [-0.2, -0.15) is 5.26 Å². The number of benzene rings is 3. The zero-order valence-electron chi connectivity index (χ0n) is 13.2. The third kappa shape index (κ3) is 3.65. The van der Waals surface area contributed by atoms with Crippen LogP contribution in [-0.2, 0) is 4.79 Å². The van der Waals surface area contributed by atoms with Gasteiger partial charge in [0.25, 0.3) is 5.91 Å². The minimum atomic E-state index is -0.375. The molecule has 0 aliphatic carbocycles. The molecule has 3 rings (SSSR count). The van der Waals surface area contributed by atoms with Crippen LogP contribution in [0.15, 0.2) is 60.7 Å². The molecule has 0 bridgehead atoms. The maximum atomic E-state index is 12.0. The van der Waals surface area contributed by atoms with Crippen molar-refractivity contribution in [3.8, 4) is 11.8 Å². The maximum Gasteiger partial charge on any atom is 0.262 e. The van der Waals surface area contributed by atoms with Gasteiger partial charge in [0.05, 0.1) is 17.2 Å². The Labute approximate surface area is 144 Å². The van der Waals surface area contributed by atoms with Crippen LogP contribution in [0.2, 0.25) is 0 Å². The number of nitrogens with zero attached hydrogens (tertiary/aromatic N) is 1. The van der Waals surface area contributed by atoms with Crippen LogP contribution in [0.5, 0.6) is 5.75 Å². The summed E-state index contributed by atoms with van der Waals surface area (Å²) in [6.07, 6.45) is 0.728. The van der Waals surface area contributed by atoms with Crippen molar-refractivity contribution in [3.05, 3.63) is 71.8 Å². The predicted octanol–water partition coefficient (Wildman–Crippen LogP) is 3.54. The Balaban J connectivity index is 1.73. The van der Waals surface area contributed by atoms with Crippen LogP contribution in [0.1, 0.15) is 15.9 Å². The number of nitrogens with one attached hydrogen (secondary N) is 1. The number of anilines is 1. The summed E-state index contributed by atoms with van der Waals surface area (Å²) >= 11 is 0. The fourth-order valence-electron chi connectivity index (χ4n) is 2.53. The van der Waals surface area contributed by atoms with Gasteiger partial charge in [-0.05, 0) is 35.0 Å². The first-order chi connectivity index (χ1) is 12.2. The molecule has 5 heteroatoms. The second-order valence-electron chi connectivity index (χ2n) is 5.35. The number of carbonyl (C=O) groups excluding carboxylic acids is 2. The van der Waals surface area contributed by atoms with Gasteiger partial charge in [-0.15, -0.1) is 0 Å². The van der Waals surface area contributed by atoms with Crippen molar-refractivity contribution in [3.63, 3.8) is 0 Å². The molecule has 25 heavy (non-hydrogen) atoms. The molecule has 0 aromatic heterocycles. The van der Waals surface area contributed by atoms with Crippen LogP contribution >= 0.6 is 0 Å². The zero-order chi connectivity index (χ0) is 17.6. The Bertz CT molecular complexity index is 990. The molecule has 3 aromatic carbocycles. The first-order valence-corrected chi connectivity index (χ1v) is 7.61. The predicted molar refractivity (Wildman–Crippen MR) is 94.6 cm³/mol. The van der Waals surface area contributed by atoms with Gasteiger partial charge in [-0.1, -0.05) is 36.4 Å². The lowest BCUT2D eigenvalue weighted by atomic mass is 10.0. The van der Waals surface area contributed by atoms with Gasteiger partial charge in [-0.25, -0.2) is 0 Å². The van der Waals surface area contributed by atoms with Gasteiger partial charge in [0.1, 0.15) is 5.75 Å². The Morgan fingerprint density at radius 3 is 2.76 bits per heavy atom. The molecular weight excluding hydrogens is 316 g/mol. The van der Waals surface area contributed by atoms with E-state index < -0.39 is 0 Å². The van der Waals surface area contributed by atoms with Crippen molar-refractivity contribution < 1.29 is 14.3 Å². The van der Waals surface area contributed by atoms with Crippen LogP contribution in [0.4, 0.5) is 5.69 Å². The molecule has 0 saturated carbocycles. The quantitative estimate of drug-likeness (QED) is 0.726. The summed E-state index contributed by atoms with van der Waals surface area (Å²) in [5.41, 5.74) is 1.38. The van der Waals surface area contributed by atoms with Crippen molar-refractivity contribution in [1.82, 2.24) is 0 Å². The van der Waals surface area contributed by atoms with E-state index in [1.165, 1.54) is 0 Å². The summed E-state index contributed by atoms with van der Waals surface area (Å²) in [7, 11) is 0. The second-order valence-corrected chi connectivity index (χ2v) is 5.35. The summed E-state index contributed by atoms with van der Waals surface area (Å²) in [4.78, 5) is 23.5. The molecule has 0 spiro atoms. The Morgan fingerprint density at radius 1 is 1.12 bits per heavy atom. The topological polar surface area (TPSA) is 79.2 Å². The van der Waals surface area contributed by atoms with E-state index in [1.54, 1.807) is 30.3 Å². The van der Waals surface area contributed by atoms with Gasteiger partial charge in [0.2, 0.25) is 0 Å². The van der Waals surface area contributed by atoms with E-state index in [-0.39, 0.29) is 12.5 Å². The van der Waals surface area contributed by atoms with Crippen LogP contribution in [-0.4, -0.2) is 18.8 Å². The maximum absolute atomic E-state index is 12.0. The lowest BCUT2D eigenvalue weighted by molar-refractivity contribution is -0.118. The highest BCUT2D eigenvalue weighted by atomic mass is 16.5. The molecule has 0 atom stereocenters. The van der Waals surface area contributed by atoms with E-state index >= 15 is 0 Å². The molecule has 0 fully saturated rings. The summed E-state index contributed by atoms with van der Waals surface area (Å²) in [5.74, 6) is -0.0188. The monoisotopic (exact) mass is 330 g/mol. The molecule has 3 aromatic rings. The Kier molecular flexibility index (Phi) is 4.72. The molecule has 0 radical (unpaired) electrons. The standard InChI is InChI=1S/C20H14N2O3/c21-11-14-4-3-6-16(10-14)22-20(24)13-25-19-9-8-15-5-1-2-7-17(15)18(19)12-23/h1-10,12H,13H2,(H,22,24). The van der Waals surface area contributed by atoms with Crippen LogP contribution in [0.25, 0.3) is 10.8 Å². The lowest BCUT2D eigenvalue weighted by Crippen LogP contribution is -2.20. The van der Waals surface area contributed by atoms with Gasteiger partial charge in [-0.3, -0.25) is 9.59 Å². The molecule has 1 amide bonds. The normalized spacial score (nSPS) is 10.0. The third-order valence-electron chi connectivity index (χ3n) is 3.68. The number of ether oxygens (including phenoxy) is 1. The van der Waals surface area contributed by atoms with E-state index in [0.717, 1.165) is 17.1 Å². The van der Waals surface area contributed by atoms with E-state index in [2.05, 4.69) is 5.32 Å². The minimum Gasteiger partial charge on any atom is -0.483 e. The smallest absolute Gasteiger partial charge is 0.262 e. The fraction of sp³-hybridized carbons (Fsp3) is 0.0500. The minimum absolute atomic E-state index is 0.240. The molecular formula is C20H14N2O3. The largest absolute Gasteiger partial charge is 0.483 e. The van der Waals surface area contributed by atoms with Gasteiger partial charge in [0.15, 0.2) is 12.9 Å². The van der Waals surface area contributed by atoms with Crippen molar-refractivity contribution in [2.24, 2.45) is 0 Å². The number of amides is 1. The van der Waals surface area contributed by atoms with E-state index in [9.17, 15) is 9.59 Å². The van der Waals surface area contributed by atoms with Crippen LogP contribution in [0.3, 0.4) is 0 Å². The molecule has 0 aliphatic heterocycles. The Hall–Kier alpha value is -3.65. The molecule has 122 valence electrons. The molecule has 0 aliphatic rings. The number of hydrogen-bond acceptors (Lipinski definition) is 4. The lowest BCUT2D eigenvalue weighted by Gasteiger charge is -2.11. The van der Waals surface area contributed by atoms with Crippen LogP contribution < -0.4 is 10.1 Å². The summed E-state index contributed by atoms with van der Waals surface area (Å²) < 4.78 is 5.52. The number of aldehydes is 1. The first kappa shape index (κ1) is 16.2. The Morgan fingerprint density at radius 2 is 1.96 bits per heavy atom. The summed E-state index contributed by atoms with van der Waals surface area (Å²) in [6.45, 7) is -0.240. The SMILES string of the molecule is N#Cc1cccc(NC(=O)COc2ccc3ccccc3c2C=O)c1. The van der Waals surface area contributed by atoms with Gasteiger partial charge >= 0.3 is 0 Å². The van der Waals surface area contributed by atoms with E-state index in [0.29, 0.717) is 22.6 Å². The van der Waals surface area contributed by atoms with Crippen molar-refractivity contribution in [2.75, 3.05) is 11.9 Å². The zero-order valence-corrected chi connectivity index (χ0v) is 13.2. The van der Waals surface area contributed by atoms with E-state index in [1.807, 2.05) is 36.4 Å². The van der Waals surface area contributed by atoms with Gasteiger partial charge in [0, 0.05) is 5.69 Å². The fourth-order valence-corrected chi connectivity index (χ4v) is 2.53. The van der Waals surface area contributed by atoms with Crippen molar-refractivity contribution >= 4 is 28.7 Å². The number of nitriles is 1. The highest BCUT2D eigenvalue weighted by Crippen LogP contribution is 2.26. The molecule has 1 N–H and O–H groups in total. The molecule has 0 heterocycles. The third-order valence-corrected chi connectivity index (χ3v) is 3.68. The van der Waals surface area contributed by atoms with E-state index in [4.69, 9.17) is 10.00 Å². The number of rotatable bonds is 5. The highest BCUT2D eigenvalue weighted by Gasteiger charge is 2.10. The average molecular weight is 330 g/mol. The van der Waals surface area contributed by atoms with Gasteiger partial charge < -0.3 is 10.1 Å².